The lowest BCUT2D eigenvalue weighted by molar-refractivity contribution is 0.335. The van der Waals surface area contributed by atoms with Crippen molar-refractivity contribution in [2.24, 2.45) is 0 Å². The van der Waals surface area contributed by atoms with Crippen molar-refractivity contribution in [3.05, 3.63) is 77.9 Å². The van der Waals surface area contributed by atoms with Gasteiger partial charge >= 0.3 is 0 Å². The molecule has 0 aliphatic rings. The summed E-state index contributed by atoms with van der Waals surface area (Å²) in [6, 6.07) is 23.5. The zero-order valence-electron chi connectivity index (χ0n) is 13.8. The zero-order chi connectivity index (χ0) is 16.1. The summed E-state index contributed by atoms with van der Waals surface area (Å²) >= 11 is 0. The second-order valence-electron chi connectivity index (χ2n) is 5.71. The third-order valence-electron chi connectivity index (χ3n) is 4.18. The molecule has 0 unspecified atom stereocenters. The summed E-state index contributed by atoms with van der Waals surface area (Å²) in [5, 5.41) is 6.13. The molecule has 0 radical (unpaired) electrons. The summed E-state index contributed by atoms with van der Waals surface area (Å²) in [6.07, 6.45) is 0. The standard InChI is InChI=1S/C21H23NO/c1-3-23-21-14-13-18-11-7-8-12-19(18)20(21)15-22-16(2)17-9-5-4-6-10-17/h4-14,16,22H,3,15H2,1-2H3/t16-/m0/s1. The van der Waals surface area contributed by atoms with Gasteiger partial charge in [-0.25, -0.2) is 0 Å². The number of nitrogens with one attached hydrogen (secondary N) is 1. The van der Waals surface area contributed by atoms with E-state index in [0.29, 0.717) is 12.6 Å². The van der Waals surface area contributed by atoms with E-state index >= 15 is 0 Å². The molecule has 0 aromatic heterocycles. The van der Waals surface area contributed by atoms with Gasteiger partial charge in [0.15, 0.2) is 0 Å². The van der Waals surface area contributed by atoms with E-state index in [9.17, 15) is 0 Å². The minimum atomic E-state index is 0.296. The van der Waals surface area contributed by atoms with Crippen molar-refractivity contribution in [2.75, 3.05) is 6.61 Å². The maximum Gasteiger partial charge on any atom is 0.124 e. The second kappa shape index (κ2) is 7.30. The fraction of sp³-hybridized carbons (Fsp3) is 0.238. The van der Waals surface area contributed by atoms with Gasteiger partial charge in [0.05, 0.1) is 6.61 Å². The lowest BCUT2D eigenvalue weighted by Gasteiger charge is -2.18. The Kier molecular flexibility index (Phi) is 4.94. The van der Waals surface area contributed by atoms with Gasteiger partial charge in [-0.1, -0.05) is 60.7 Å². The first-order valence-corrected chi connectivity index (χ1v) is 8.21. The molecule has 0 saturated carbocycles. The maximum atomic E-state index is 5.84. The smallest absolute Gasteiger partial charge is 0.124 e. The Hall–Kier alpha value is -2.32. The third kappa shape index (κ3) is 3.54. The fourth-order valence-electron chi connectivity index (χ4n) is 2.90. The number of hydrogen-bond donors (Lipinski definition) is 1. The van der Waals surface area contributed by atoms with Crippen LogP contribution in [0.15, 0.2) is 66.7 Å². The van der Waals surface area contributed by atoms with E-state index in [1.54, 1.807) is 0 Å². The Balaban J connectivity index is 1.87. The molecule has 3 rings (SSSR count). The Morgan fingerprint density at radius 2 is 1.65 bits per heavy atom. The van der Waals surface area contributed by atoms with Gasteiger partial charge in [-0.2, -0.15) is 0 Å². The molecule has 0 amide bonds. The lowest BCUT2D eigenvalue weighted by Crippen LogP contribution is -2.18. The molecule has 118 valence electrons. The molecule has 2 heteroatoms. The highest BCUT2D eigenvalue weighted by Crippen LogP contribution is 2.28. The molecular formula is C21H23NO. The number of rotatable bonds is 6. The molecule has 1 N–H and O–H groups in total. The molecule has 0 saturated heterocycles. The minimum Gasteiger partial charge on any atom is -0.494 e. The van der Waals surface area contributed by atoms with Crippen LogP contribution in [0.1, 0.15) is 31.0 Å². The molecule has 3 aromatic carbocycles. The SMILES string of the molecule is CCOc1ccc2ccccc2c1CN[C@@H](C)c1ccccc1. The molecule has 2 nitrogen and oxygen atoms in total. The van der Waals surface area contributed by atoms with Gasteiger partial charge in [0.1, 0.15) is 5.75 Å². The molecule has 0 bridgehead atoms. The van der Waals surface area contributed by atoms with Crippen molar-refractivity contribution in [3.63, 3.8) is 0 Å². The molecule has 0 aliphatic heterocycles. The molecule has 23 heavy (non-hydrogen) atoms. The van der Waals surface area contributed by atoms with Gasteiger partial charge in [-0.15, -0.1) is 0 Å². The fourth-order valence-corrected chi connectivity index (χ4v) is 2.90. The molecule has 0 heterocycles. The first-order valence-electron chi connectivity index (χ1n) is 8.21. The summed E-state index contributed by atoms with van der Waals surface area (Å²) in [7, 11) is 0. The van der Waals surface area contributed by atoms with E-state index in [-0.39, 0.29) is 0 Å². The van der Waals surface area contributed by atoms with Gasteiger partial charge in [0, 0.05) is 18.2 Å². The molecule has 0 aliphatic carbocycles. The summed E-state index contributed by atoms with van der Waals surface area (Å²) < 4.78 is 5.84. The number of fused-ring (bicyclic) bond motifs is 1. The minimum absolute atomic E-state index is 0.296. The summed E-state index contributed by atoms with van der Waals surface area (Å²) in [4.78, 5) is 0. The predicted octanol–water partition coefficient (Wildman–Crippen LogP) is 5.09. The first kappa shape index (κ1) is 15.6. The predicted molar refractivity (Wildman–Crippen MR) is 96.8 cm³/mol. The number of benzene rings is 3. The Labute approximate surface area is 138 Å². The van der Waals surface area contributed by atoms with E-state index in [4.69, 9.17) is 4.74 Å². The van der Waals surface area contributed by atoms with Crippen molar-refractivity contribution in [1.29, 1.82) is 0 Å². The van der Waals surface area contributed by atoms with Crippen LogP contribution in [0.4, 0.5) is 0 Å². The van der Waals surface area contributed by atoms with Crippen LogP contribution in [0.3, 0.4) is 0 Å². The van der Waals surface area contributed by atoms with Crippen LogP contribution in [0.5, 0.6) is 5.75 Å². The van der Waals surface area contributed by atoms with Crippen LogP contribution >= 0.6 is 0 Å². The van der Waals surface area contributed by atoms with Gasteiger partial charge in [0.2, 0.25) is 0 Å². The molecule has 1 atom stereocenters. The van der Waals surface area contributed by atoms with Crippen molar-refractivity contribution in [3.8, 4) is 5.75 Å². The first-order chi connectivity index (χ1) is 11.3. The van der Waals surface area contributed by atoms with Gasteiger partial charge in [-0.3, -0.25) is 0 Å². The van der Waals surface area contributed by atoms with E-state index < -0.39 is 0 Å². The van der Waals surface area contributed by atoms with Gasteiger partial charge in [-0.05, 0) is 36.2 Å². The van der Waals surface area contributed by atoms with Crippen LogP contribution in [0.2, 0.25) is 0 Å². The van der Waals surface area contributed by atoms with Crippen molar-refractivity contribution >= 4 is 10.8 Å². The van der Waals surface area contributed by atoms with Crippen molar-refractivity contribution in [2.45, 2.75) is 26.4 Å². The molecular weight excluding hydrogens is 282 g/mol. The van der Waals surface area contributed by atoms with Crippen LogP contribution in [-0.4, -0.2) is 6.61 Å². The lowest BCUT2D eigenvalue weighted by atomic mass is 10.0. The largest absolute Gasteiger partial charge is 0.494 e. The zero-order valence-corrected chi connectivity index (χ0v) is 13.8. The normalized spacial score (nSPS) is 12.3. The monoisotopic (exact) mass is 305 g/mol. The topological polar surface area (TPSA) is 21.3 Å². The average Bonchev–Trinajstić information content (AvgIpc) is 2.61. The Bertz CT molecular complexity index is 767. The Morgan fingerprint density at radius 1 is 0.913 bits per heavy atom. The van der Waals surface area contributed by atoms with Crippen LogP contribution in [0.25, 0.3) is 10.8 Å². The summed E-state index contributed by atoms with van der Waals surface area (Å²) in [6.45, 7) is 5.69. The third-order valence-corrected chi connectivity index (χ3v) is 4.18. The van der Waals surface area contributed by atoms with E-state index in [0.717, 1.165) is 12.3 Å². The highest BCUT2D eigenvalue weighted by molar-refractivity contribution is 5.87. The van der Waals surface area contributed by atoms with Gasteiger partial charge in [0.25, 0.3) is 0 Å². The maximum absolute atomic E-state index is 5.84. The van der Waals surface area contributed by atoms with E-state index in [1.807, 2.05) is 13.0 Å². The van der Waals surface area contributed by atoms with Gasteiger partial charge < -0.3 is 10.1 Å². The Morgan fingerprint density at radius 3 is 2.43 bits per heavy atom. The second-order valence-corrected chi connectivity index (χ2v) is 5.71. The molecule has 0 spiro atoms. The average molecular weight is 305 g/mol. The summed E-state index contributed by atoms with van der Waals surface area (Å²) in [5.74, 6) is 0.971. The van der Waals surface area contributed by atoms with E-state index in [2.05, 4.69) is 72.9 Å². The van der Waals surface area contributed by atoms with Crippen LogP contribution < -0.4 is 10.1 Å². The molecule has 3 aromatic rings. The van der Waals surface area contributed by atoms with Crippen molar-refractivity contribution in [1.82, 2.24) is 5.32 Å². The van der Waals surface area contributed by atoms with E-state index in [1.165, 1.54) is 21.9 Å². The van der Waals surface area contributed by atoms with Crippen molar-refractivity contribution < 1.29 is 4.74 Å². The van der Waals surface area contributed by atoms with Crippen LogP contribution in [-0.2, 0) is 6.54 Å². The van der Waals surface area contributed by atoms with Crippen LogP contribution in [0, 0.1) is 0 Å². The molecule has 0 fully saturated rings. The number of hydrogen-bond acceptors (Lipinski definition) is 2. The highest BCUT2D eigenvalue weighted by Gasteiger charge is 2.11. The number of ether oxygens (including phenoxy) is 1. The highest BCUT2D eigenvalue weighted by atomic mass is 16.5. The quantitative estimate of drug-likeness (QED) is 0.685. The summed E-state index contributed by atoms with van der Waals surface area (Å²) in [5.41, 5.74) is 2.53.